The molecule has 0 bridgehead atoms. The van der Waals surface area contributed by atoms with Crippen LogP contribution in [0.1, 0.15) is 5.56 Å². The zero-order valence-corrected chi connectivity index (χ0v) is 13.9. The quantitative estimate of drug-likeness (QED) is 0.614. The van der Waals surface area contributed by atoms with E-state index in [4.69, 9.17) is 4.74 Å². The minimum atomic E-state index is 0. The predicted molar refractivity (Wildman–Crippen MR) is 89.0 cm³/mol. The van der Waals surface area contributed by atoms with Crippen molar-refractivity contribution in [2.24, 2.45) is 0 Å². The number of rotatable bonds is 4. The van der Waals surface area contributed by atoms with Crippen molar-refractivity contribution in [2.75, 3.05) is 7.11 Å². The van der Waals surface area contributed by atoms with Gasteiger partial charge >= 0.3 is 17.1 Å². The van der Waals surface area contributed by atoms with Gasteiger partial charge in [0.25, 0.3) is 0 Å². The van der Waals surface area contributed by atoms with Crippen LogP contribution in [-0.4, -0.2) is 12.9 Å². The van der Waals surface area contributed by atoms with Crippen LogP contribution in [0.4, 0.5) is 0 Å². The molecule has 2 fully saturated rings. The molecule has 23 heavy (non-hydrogen) atoms. The fourth-order valence-electron chi connectivity index (χ4n) is 1.84. The monoisotopic (exact) mass is 346 g/mol. The molecule has 2 nitrogen and oxygen atoms in total. The Labute approximate surface area is 151 Å². The molecule has 10 radical (unpaired) electrons. The van der Waals surface area contributed by atoms with Crippen molar-refractivity contribution >= 4 is 11.9 Å². The Hall–Kier alpha value is -1.05. The number of hydrogen-bond donors (Lipinski definition) is 0. The maximum atomic E-state index is 11.7. The Morgan fingerprint density at radius 3 is 1.87 bits per heavy atom. The molecule has 0 saturated heterocycles. The summed E-state index contributed by atoms with van der Waals surface area (Å²) in [5.74, 6) is 1.55. The van der Waals surface area contributed by atoms with E-state index >= 15 is 0 Å². The van der Waals surface area contributed by atoms with Gasteiger partial charge in [-0.25, -0.2) is 0 Å². The Balaban J connectivity index is 0.000000377. The topological polar surface area (TPSA) is 26.3 Å². The Morgan fingerprint density at radius 2 is 1.39 bits per heavy atom. The molecule has 3 rings (SSSR count). The van der Waals surface area contributed by atoms with Gasteiger partial charge in [0.15, 0.2) is 5.78 Å². The van der Waals surface area contributed by atoms with Crippen LogP contribution in [0.2, 0.25) is 0 Å². The first-order valence-corrected chi connectivity index (χ1v) is 7.04. The van der Waals surface area contributed by atoms with Crippen molar-refractivity contribution in [2.45, 2.75) is 0 Å². The van der Waals surface area contributed by atoms with E-state index in [0.29, 0.717) is 0 Å². The molecule has 2 saturated carbocycles. The predicted octanol–water partition coefficient (Wildman–Crippen LogP) is 3.70. The molecule has 2 aliphatic carbocycles. The molecule has 0 amide bonds. The van der Waals surface area contributed by atoms with Gasteiger partial charge in [0.2, 0.25) is 0 Å². The zero-order chi connectivity index (χ0) is 15.6. The molecule has 3 heteroatoms. The zero-order valence-electron chi connectivity index (χ0n) is 12.8. The standard InChI is InChI=1S/C15H13O2.C5H5.Fe/c1-17-14-9-6-12(7-10-14)8-11-15(16)13-4-2-3-5-13;1-2-4-5-3-1;/h2-11H,1H3;1-5H;/q;;+2/b11-8+;;. The molecule has 0 aliphatic heterocycles. The molecule has 2 aliphatic rings. The maximum absolute atomic E-state index is 11.7. The summed E-state index contributed by atoms with van der Waals surface area (Å²) >= 11 is 0. The summed E-state index contributed by atoms with van der Waals surface area (Å²) in [5.41, 5.74) is 0.978. The van der Waals surface area contributed by atoms with Crippen molar-refractivity contribution in [1.29, 1.82) is 0 Å². The summed E-state index contributed by atoms with van der Waals surface area (Å²) in [5, 5.41) is 0. The fraction of sp³-hybridized carbons (Fsp3) is 0.0500. The summed E-state index contributed by atoms with van der Waals surface area (Å²) in [6, 6.07) is 7.56. The molecular formula is C20H18FeO2+2. The SMILES string of the molecule is COc1ccc(/C=C/C(=O)[C]2[CH][CH][CH][CH]2)cc1.[CH]1[CH][CH][CH][CH]1.[Fe+2]. The normalized spacial score (nSPS) is 17.4. The van der Waals surface area contributed by atoms with Gasteiger partial charge in [-0.2, -0.15) is 0 Å². The summed E-state index contributed by atoms with van der Waals surface area (Å²) in [6.07, 6.45) is 20.7. The van der Waals surface area contributed by atoms with Gasteiger partial charge in [0.05, 0.1) is 13.0 Å². The third-order valence-electron chi connectivity index (χ3n) is 3.05. The van der Waals surface area contributed by atoms with Gasteiger partial charge in [-0.1, -0.05) is 18.2 Å². The molecule has 0 spiro atoms. The van der Waals surface area contributed by atoms with E-state index in [9.17, 15) is 4.79 Å². The van der Waals surface area contributed by atoms with E-state index in [1.807, 2.05) is 69.2 Å². The maximum Gasteiger partial charge on any atom is 2.00 e. The molecule has 0 unspecified atom stereocenters. The van der Waals surface area contributed by atoms with Crippen molar-refractivity contribution in [3.05, 3.63) is 99.6 Å². The van der Waals surface area contributed by atoms with E-state index in [-0.39, 0.29) is 22.9 Å². The third kappa shape index (κ3) is 7.37. The largest absolute Gasteiger partial charge is 2.00 e. The summed E-state index contributed by atoms with van der Waals surface area (Å²) in [7, 11) is 1.63. The molecule has 1 aromatic rings. The molecule has 0 N–H and O–H groups in total. The number of hydrogen-bond acceptors (Lipinski definition) is 2. The number of ketones is 1. The van der Waals surface area contributed by atoms with Crippen LogP contribution in [0.5, 0.6) is 5.75 Å². The second-order valence-electron chi connectivity index (χ2n) is 4.61. The second kappa shape index (κ2) is 11.5. The van der Waals surface area contributed by atoms with E-state index in [1.54, 1.807) is 32.1 Å². The number of ether oxygens (including phenoxy) is 1. The van der Waals surface area contributed by atoms with Crippen LogP contribution in [0.3, 0.4) is 0 Å². The second-order valence-corrected chi connectivity index (χ2v) is 4.61. The van der Waals surface area contributed by atoms with E-state index in [2.05, 4.69) is 0 Å². The van der Waals surface area contributed by atoms with Crippen LogP contribution in [0.25, 0.3) is 6.08 Å². The van der Waals surface area contributed by atoms with Gasteiger partial charge in [0.1, 0.15) is 5.75 Å². The molecule has 116 valence electrons. The van der Waals surface area contributed by atoms with Crippen molar-refractivity contribution in [3.63, 3.8) is 0 Å². The molecule has 1 aromatic carbocycles. The first kappa shape index (κ1) is 20.0. The minimum absolute atomic E-state index is 0. The summed E-state index contributed by atoms with van der Waals surface area (Å²) in [6.45, 7) is 0. The third-order valence-corrected chi connectivity index (χ3v) is 3.05. The fourth-order valence-corrected chi connectivity index (χ4v) is 1.84. The van der Waals surface area contributed by atoms with E-state index in [1.165, 1.54) is 0 Å². The van der Waals surface area contributed by atoms with Crippen molar-refractivity contribution < 1.29 is 26.6 Å². The van der Waals surface area contributed by atoms with Gasteiger partial charge in [-0.05, 0) is 81.6 Å². The molecule has 0 atom stereocenters. The number of allylic oxidation sites excluding steroid dienone is 1. The first-order valence-electron chi connectivity index (χ1n) is 7.04. The molecule has 0 heterocycles. The first-order chi connectivity index (χ1) is 10.8. The van der Waals surface area contributed by atoms with Gasteiger partial charge < -0.3 is 4.74 Å². The van der Waals surface area contributed by atoms with Crippen molar-refractivity contribution in [3.8, 4) is 5.75 Å². The number of carbonyl (C=O) groups excluding carboxylic acids is 1. The van der Waals surface area contributed by atoms with E-state index < -0.39 is 0 Å². The average molecular weight is 346 g/mol. The Morgan fingerprint density at radius 1 is 0.870 bits per heavy atom. The van der Waals surface area contributed by atoms with Crippen LogP contribution in [-0.2, 0) is 21.9 Å². The number of carbonyl (C=O) groups is 1. The van der Waals surface area contributed by atoms with Crippen LogP contribution >= 0.6 is 0 Å². The smallest absolute Gasteiger partial charge is 0.497 e. The van der Waals surface area contributed by atoms with Crippen molar-refractivity contribution in [1.82, 2.24) is 0 Å². The summed E-state index contributed by atoms with van der Waals surface area (Å²) < 4.78 is 5.06. The number of methoxy groups -OCH3 is 1. The molecule has 0 aromatic heterocycles. The van der Waals surface area contributed by atoms with Gasteiger partial charge in [0, 0.05) is 0 Å². The Bertz CT molecular complexity index is 461. The average Bonchev–Trinajstić information content (AvgIpc) is 3.28. The number of benzene rings is 1. The molecular weight excluding hydrogens is 328 g/mol. The Kier molecular flexibility index (Phi) is 9.98. The van der Waals surface area contributed by atoms with Gasteiger partial charge in [-0.15, -0.1) is 0 Å². The van der Waals surface area contributed by atoms with Gasteiger partial charge in [-0.3, -0.25) is 4.79 Å². The van der Waals surface area contributed by atoms with E-state index in [0.717, 1.165) is 17.2 Å². The minimum Gasteiger partial charge on any atom is -0.497 e. The summed E-state index contributed by atoms with van der Waals surface area (Å²) in [4.78, 5) is 11.7. The van der Waals surface area contributed by atoms with Crippen LogP contribution in [0.15, 0.2) is 30.3 Å². The van der Waals surface area contributed by atoms with Crippen LogP contribution < -0.4 is 4.74 Å². The van der Waals surface area contributed by atoms with Crippen LogP contribution in [0, 0.1) is 63.7 Å².